The lowest BCUT2D eigenvalue weighted by Gasteiger charge is -1.92. The molecule has 2 N–H and O–H groups in total. The highest BCUT2D eigenvalue weighted by Gasteiger charge is 2.22. The molecule has 1 aromatic rings. The average Bonchev–Trinajstić information content (AvgIpc) is 2.87. The molecule has 0 bridgehead atoms. The second-order valence-electron chi connectivity index (χ2n) is 2.92. The predicted molar refractivity (Wildman–Crippen MR) is 51.8 cm³/mol. The minimum Gasteiger partial charge on any atom is -0.284 e. The van der Waals surface area contributed by atoms with Gasteiger partial charge in [0.2, 0.25) is 0 Å². The smallest absolute Gasteiger partial charge is 0.284 e. The molecule has 0 saturated heterocycles. The van der Waals surface area contributed by atoms with Crippen molar-refractivity contribution in [3.8, 4) is 0 Å². The maximum atomic E-state index is 8.67. The highest BCUT2D eigenvalue weighted by Crippen LogP contribution is 2.39. The van der Waals surface area contributed by atoms with E-state index < -0.39 is 11.4 Å². The van der Waals surface area contributed by atoms with Crippen molar-refractivity contribution in [2.75, 3.05) is 0 Å². The van der Waals surface area contributed by atoms with Crippen LogP contribution in [0.25, 0.3) is 0 Å². The Labute approximate surface area is 79.9 Å². The monoisotopic (exact) mass is 200 g/mol. The first kappa shape index (κ1) is 10.4. The molecule has 0 heterocycles. The summed E-state index contributed by atoms with van der Waals surface area (Å²) in [6, 6.07) is 10.8. The average molecular weight is 200 g/mol. The minimum absolute atomic E-state index is 0.909. The lowest BCUT2D eigenvalue weighted by Crippen LogP contribution is -1.74. The van der Waals surface area contributed by atoms with Crippen molar-refractivity contribution in [1.29, 1.82) is 0 Å². The number of benzene rings is 1. The first-order valence-electron chi connectivity index (χ1n) is 4.05. The van der Waals surface area contributed by atoms with Crippen molar-refractivity contribution in [3.63, 3.8) is 0 Å². The maximum Gasteiger partial charge on any atom is 0.299 e. The molecule has 0 radical (unpaired) electrons. The largest absolute Gasteiger partial charge is 0.299 e. The van der Waals surface area contributed by atoms with Crippen molar-refractivity contribution in [1.82, 2.24) is 0 Å². The van der Waals surface area contributed by atoms with Crippen LogP contribution in [0.15, 0.2) is 30.3 Å². The van der Waals surface area contributed by atoms with Gasteiger partial charge in [0.1, 0.15) is 0 Å². The Morgan fingerprint density at radius 1 is 1.15 bits per heavy atom. The van der Waals surface area contributed by atoms with Crippen LogP contribution < -0.4 is 0 Å². The Kier molecular flexibility index (Phi) is 4.08. The third-order valence-electron chi connectivity index (χ3n) is 1.85. The lowest BCUT2D eigenvalue weighted by molar-refractivity contribution is 0.454. The summed E-state index contributed by atoms with van der Waals surface area (Å²) in [6.45, 7) is 0. The van der Waals surface area contributed by atoms with E-state index in [1.165, 1.54) is 18.4 Å². The van der Waals surface area contributed by atoms with E-state index in [2.05, 4.69) is 30.3 Å². The summed E-state index contributed by atoms with van der Waals surface area (Å²) in [5.74, 6) is 0.909. The summed E-state index contributed by atoms with van der Waals surface area (Å²) in [7, 11) is 0. The van der Waals surface area contributed by atoms with Gasteiger partial charge in [-0.1, -0.05) is 30.3 Å². The van der Waals surface area contributed by atoms with E-state index in [-0.39, 0.29) is 0 Å². The molecule has 1 aromatic carbocycles. The second-order valence-corrected chi connectivity index (χ2v) is 3.38. The molecule has 0 amide bonds. The van der Waals surface area contributed by atoms with Crippen LogP contribution >= 0.6 is 0 Å². The normalized spacial score (nSPS) is 15.0. The highest BCUT2D eigenvalue weighted by molar-refractivity contribution is 7.73. The van der Waals surface area contributed by atoms with Gasteiger partial charge in [0, 0.05) is 0 Å². The van der Waals surface area contributed by atoms with Crippen LogP contribution in [0.1, 0.15) is 24.3 Å². The van der Waals surface area contributed by atoms with Gasteiger partial charge < -0.3 is 0 Å². The fourth-order valence-corrected chi connectivity index (χ4v) is 1.14. The first-order valence-corrected chi connectivity index (χ1v) is 5.11. The summed E-state index contributed by atoms with van der Waals surface area (Å²) >= 11 is -2.61. The van der Waals surface area contributed by atoms with Gasteiger partial charge in [-0.2, -0.15) is 4.21 Å². The molecule has 13 heavy (non-hydrogen) atoms. The van der Waals surface area contributed by atoms with Crippen molar-refractivity contribution < 1.29 is 13.3 Å². The van der Waals surface area contributed by atoms with E-state index in [1.54, 1.807) is 0 Å². The van der Waals surface area contributed by atoms with Crippen molar-refractivity contribution in [2.24, 2.45) is 0 Å². The summed E-state index contributed by atoms with van der Waals surface area (Å²) in [5, 5.41) is 0. The van der Waals surface area contributed by atoms with E-state index in [9.17, 15) is 0 Å². The van der Waals surface area contributed by atoms with E-state index in [0.29, 0.717) is 0 Å². The molecule has 1 aliphatic rings. The number of hydrogen-bond donors (Lipinski definition) is 2. The van der Waals surface area contributed by atoms with Crippen molar-refractivity contribution in [2.45, 2.75) is 18.8 Å². The summed E-state index contributed by atoms with van der Waals surface area (Å²) in [5.41, 5.74) is 1.53. The summed E-state index contributed by atoms with van der Waals surface area (Å²) < 4.78 is 22.8. The Morgan fingerprint density at radius 3 is 2.00 bits per heavy atom. The van der Waals surface area contributed by atoms with Gasteiger partial charge in [0.25, 0.3) is 11.4 Å². The van der Waals surface area contributed by atoms with E-state index in [1.807, 2.05) is 0 Å². The fourth-order valence-electron chi connectivity index (χ4n) is 1.14. The molecule has 0 unspecified atom stereocenters. The zero-order valence-electron chi connectivity index (χ0n) is 7.09. The second kappa shape index (κ2) is 5.11. The van der Waals surface area contributed by atoms with E-state index in [0.717, 1.165) is 5.92 Å². The molecule has 4 heteroatoms. The molecule has 3 nitrogen and oxygen atoms in total. The Morgan fingerprint density at radius 2 is 1.62 bits per heavy atom. The maximum absolute atomic E-state index is 8.67. The van der Waals surface area contributed by atoms with Crippen LogP contribution in [0.3, 0.4) is 0 Å². The van der Waals surface area contributed by atoms with Crippen molar-refractivity contribution in [3.05, 3.63) is 35.9 Å². The van der Waals surface area contributed by atoms with Crippen LogP contribution in [0.2, 0.25) is 0 Å². The molecule has 1 aliphatic carbocycles. The molecule has 2 rings (SSSR count). The molecular formula is C9H12O3S. The third kappa shape index (κ3) is 4.77. The lowest BCUT2D eigenvalue weighted by atomic mass is 10.1. The number of rotatable bonds is 1. The summed E-state index contributed by atoms with van der Waals surface area (Å²) in [6.07, 6.45) is 2.81. The Bertz CT molecular complexity index is 265. The minimum atomic E-state index is -2.61. The van der Waals surface area contributed by atoms with Gasteiger partial charge in [0.05, 0.1) is 0 Å². The standard InChI is InChI=1S/C9H10.H2O3S/c1-2-4-8(5-3-1)9-6-7-9;1-4(2)3/h1-5,9H,6-7H2;(H2,1,2,3). The van der Waals surface area contributed by atoms with Crippen LogP contribution in [0.4, 0.5) is 0 Å². The highest BCUT2D eigenvalue weighted by atomic mass is 32.2. The topological polar surface area (TPSA) is 57.5 Å². The zero-order valence-corrected chi connectivity index (χ0v) is 7.91. The van der Waals surface area contributed by atoms with Crippen molar-refractivity contribution >= 4 is 11.4 Å². The van der Waals surface area contributed by atoms with Gasteiger partial charge in [-0.05, 0) is 24.3 Å². The SMILES string of the molecule is O=S(O)O.c1ccc(C2CC2)cc1. The van der Waals surface area contributed by atoms with Crippen LogP contribution in [0, 0.1) is 0 Å². The van der Waals surface area contributed by atoms with Gasteiger partial charge in [0.15, 0.2) is 0 Å². The molecule has 0 atom stereocenters. The molecule has 72 valence electrons. The van der Waals surface area contributed by atoms with Gasteiger partial charge >= 0.3 is 0 Å². The molecule has 0 aromatic heterocycles. The molecule has 0 spiro atoms. The van der Waals surface area contributed by atoms with E-state index >= 15 is 0 Å². The Balaban J connectivity index is 0.000000184. The molecule has 0 aliphatic heterocycles. The molecular weight excluding hydrogens is 188 g/mol. The van der Waals surface area contributed by atoms with Gasteiger partial charge in [-0.15, -0.1) is 0 Å². The quantitative estimate of drug-likeness (QED) is 0.683. The summed E-state index contributed by atoms with van der Waals surface area (Å²) in [4.78, 5) is 0. The van der Waals surface area contributed by atoms with Crippen LogP contribution in [-0.2, 0) is 11.4 Å². The third-order valence-corrected chi connectivity index (χ3v) is 1.85. The fraction of sp³-hybridized carbons (Fsp3) is 0.333. The Hall–Kier alpha value is -0.710. The number of hydrogen-bond acceptors (Lipinski definition) is 1. The molecule has 1 fully saturated rings. The van der Waals surface area contributed by atoms with Gasteiger partial charge in [-0.3, -0.25) is 9.11 Å². The van der Waals surface area contributed by atoms with Crippen LogP contribution in [-0.4, -0.2) is 13.3 Å². The predicted octanol–water partition coefficient (Wildman–Crippen LogP) is 2.25. The van der Waals surface area contributed by atoms with E-state index in [4.69, 9.17) is 13.3 Å². The molecule has 1 saturated carbocycles. The van der Waals surface area contributed by atoms with Gasteiger partial charge in [-0.25, -0.2) is 0 Å². The van der Waals surface area contributed by atoms with Crippen LogP contribution in [0.5, 0.6) is 0 Å². The first-order chi connectivity index (χ1) is 6.20. The zero-order chi connectivity index (χ0) is 9.68.